The van der Waals surface area contributed by atoms with Crippen molar-refractivity contribution >= 4 is 44.0 Å². The zero-order chi connectivity index (χ0) is 34.3. The Bertz CT molecular complexity index is 1960. The second-order valence-corrected chi connectivity index (χ2v) is 15.2. The van der Waals surface area contributed by atoms with E-state index in [0.717, 1.165) is 11.0 Å². The highest BCUT2D eigenvalue weighted by atomic mass is 31.3. The SMILES string of the molecule is CC(OC(=O)Nc1nc2c(c(=O)[nH]1)n(C)c[n+]2[C@@H]1O[C@H](COP(C)(=O)OP(C)(=O)n2ccnc2)[C@H](O)C1O)c1ccccc1[N+](=O)[O-]. The minimum Gasteiger partial charge on any atom is -0.441 e. The number of fused-ring (bicyclic) bond motifs is 1. The van der Waals surface area contributed by atoms with Crippen LogP contribution < -0.4 is 15.4 Å². The van der Waals surface area contributed by atoms with Crippen LogP contribution in [0.2, 0.25) is 0 Å². The summed E-state index contributed by atoms with van der Waals surface area (Å²) >= 11 is 0. The summed E-state index contributed by atoms with van der Waals surface area (Å²) in [4.78, 5) is 46.8. The Morgan fingerprint density at radius 1 is 1.28 bits per heavy atom. The van der Waals surface area contributed by atoms with Crippen LogP contribution in [0.1, 0.15) is 24.8 Å². The molecule has 3 aromatic heterocycles. The number of aromatic amines is 1. The zero-order valence-electron chi connectivity index (χ0n) is 25.3. The molecule has 7 atom stereocenters. The summed E-state index contributed by atoms with van der Waals surface area (Å²) in [7, 11) is -6.11. The van der Waals surface area contributed by atoms with Gasteiger partial charge in [0.2, 0.25) is 11.7 Å². The van der Waals surface area contributed by atoms with Gasteiger partial charge in [-0.15, -0.1) is 0 Å². The summed E-state index contributed by atoms with van der Waals surface area (Å²) in [5, 5.41) is 35.2. The molecule has 4 N–H and O–H groups in total. The molecule has 22 heteroatoms. The van der Waals surface area contributed by atoms with Crippen LogP contribution in [0.5, 0.6) is 0 Å². The first-order chi connectivity index (χ1) is 22.1. The second-order valence-electron chi connectivity index (χ2n) is 10.6. The fraction of sp³-hybridized carbons (Fsp3) is 0.400. The van der Waals surface area contributed by atoms with Crippen molar-refractivity contribution in [2.45, 2.75) is 37.6 Å². The summed E-state index contributed by atoms with van der Waals surface area (Å²) in [6.07, 6.45) is -2.55. The Balaban J connectivity index is 1.31. The van der Waals surface area contributed by atoms with E-state index in [4.69, 9.17) is 18.3 Å². The molecule has 4 unspecified atom stereocenters. The number of amides is 1. The lowest BCUT2D eigenvalue weighted by Gasteiger charge is -2.22. The first kappa shape index (κ1) is 34.1. The summed E-state index contributed by atoms with van der Waals surface area (Å²) in [5.41, 5.74) is -0.874. The minimum atomic E-state index is -3.98. The molecule has 1 aromatic carbocycles. The van der Waals surface area contributed by atoms with Gasteiger partial charge < -0.3 is 24.2 Å². The van der Waals surface area contributed by atoms with Crippen LogP contribution in [-0.4, -0.2) is 83.3 Å². The molecule has 4 aromatic rings. The van der Waals surface area contributed by atoms with Crippen LogP contribution in [0, 0.1) is 10.1 Å². The molecular weight excluding hydrogens is 666 g/mol. The highest BCUT2D eigenvalue weighted by Gasteiger charge is 2.48. The standard InChI is InChI=1S/C25H30N8O12P2/c1-14(15-7-5-6-8-16(15)33(38)39)43-25(37)29-24-27-21-18(22(36)28-24)30(2)13-32(21)23-20(35)19(34)17(44-23)11-42-47(4,41)45-46(3,40)31-10-9-26-12-31/h5-10,12-14,17,19-20,23,34-35H,11H2,1-4H3,(H-,27,28,29,36,37)/p+1/t14?,17-,19+,20?,23-,46?,47?/m1/s1. The Hall–Kier alpha value is -4.29. The number of ether oxygens (including phenoxy) is 2. The van der Waals surface area contributed by atoms with E-state index in [0.29, 0.717) is 0 Å². The van der Waals surface area contributed by atoms with Crippen molar-refractivity contribution in [3.8, 4) is 0 Å². The second kappa shape index (κ2) is 13.1. The number of anilines is 1. The number of hydrogen-bond donors (Lipinski definition) is 4. The average Bonchev–Trinajstić information content (AvgIpc) is 3.71. The number of nitrogens with zero attached hydrogens (tertiary/aromatic N) is 6. The van der Waals surface area contributed by atoms with E-state index < -0.39 is 68.9 Å². The number of aromatic nitrogens is 6. The molecule has 1 saturated heterocycles. The van der Waals surface area contributed by atoms with Crippen LogP contribution in [0.15, 0.2) is 54.1 Å². The number of nitrogens with one attached hydrogen (secondary N) is 2. The topological polar surface area (TPSA) is 256 Å². The number of aryl methyl sites for hydroxylation is 1. The van der Waals surface area contributed by atoms with E-state index >= 15 is 0 Å². The van der Waals surface area contributed by atoms with Gasteiger partial charge in [-0.2, -0.15) is 0 Å². The van der Waals surface area contributed by atoms with Crippen molar-refractivity contribution in [1.29, 1.82) is 0 Å². The Morgan fingerprint density at radius 3 is 2.68 bits per heavy atom. The summed E-state index contributed by atoms with van der Waals surface area (Å²) in [6, 6.07) is 5.72. The van der Waals surface area contributed by atoms with Gasteiger partial charge in [0, 0.05) is 31.8 Å². The maximum absolute atomic E-state index is 13.0. The number of rotatable bonds is 11. The Kier molecular flexibility index (Phi) is 9.47. The normalized spacial score (nSPS) is 22.8. The predicted molar refractivity (Wildman–Crippen MR) is 161 cm³/mol. The van der Waals surface area contributed by atoms with Crippen molar-refractivity contribution in [3.63, 3.8) is 0 Å². The van der Waals surface area contributed by atoms with Gasteiger partial charge in [0.1, 0.15) is 30.7 Å². The lowest BCUT2D eigenvalue weighted by molar-refractivity contribution is -0.745. The molecule has 0 bridgehead atoms. The maximum atomic E-state index is 13.0. The summed E-state index contributed by atoms with van der Waals surface area (Å²) in [5.74, 6) is -0.360. The van der Waals surface area contributed by atoms with Gasteiger partial charge >= 0.3 is 26.9 Å². The smallest absolute Gasteiger partial charge is 0.415 e. The van der Waals surface area contributed by atoms with E-state index in [-0.39, 0.29) is 28.4 Å². The lowest BCUT2D eigenvalue weighted by atomic mass is 10.1. The molecule has 1 aliphatic rings. The van der Waals surface area contributed by atoms with Crippen LogP contribution in [-0.2, 0) is 34.5 Å². The number of benzene rings is 1. The molecule has 5 rings (SSSR count). The Morgan fingerprint density at radius 2 is 2.00 bits per heavy atom. The van der Waals surface area contributed by atoms with E-state index in [9.17, 15) is 39.0 Å². The van der Waals surface area contributed by atoms with Crippen molar-refractivity contribution in [2.75, 3.05) is 25.3 Å². The number of hydrogen-bond acceptors (Lipinski definition) is 14. The van der Waals surface area contributed by atoms with E-state index in [1.807, 2.05) is 0 Å². The number of H-pyrrole nitrogens is 1. The largest absolute Gasteiger partial charge is 0.441 e. The monoisotopic (exact) mass is 697 g/mol. The molecule has 252 valence electrons. The predicted octanol–water partition coefficient (Wildman–Crippen LogP) is 1.81. The quantitative estimate of drug-likeness (QED) is 0.0755. The molecule has 0 aliphatic carbocycles. The molecule has 1 fully saturated rings. The zero-order valence-corrected chi connectivity index (χ0v) is 27.1. The first-order valence-electron chi connectivity index (χ1n) is 13.8. The number of aliphatic hydroxyl groups is 2. The molecule has 4 heterocycles. The number of imidazole rings is 2. The van der Waals surface area contributed by atoms with Gasteiger partial charge in [-0.25, -0.2) is 24.0 Å². The van der Waals surface area contributed by atoms with Gasteiger partial charge in [0.15, 0.2) is 6.33 Å². The van der Waals surface area contributed by atoms with Gasteiger partial charge in [-0.1, -0.05) is 17.1 Å². The molecule has 0 radical (unpaired) electrons. The van der Waals surface area contributed by atoms with Crippen molar-refractivity contribution in [1.82, 2.24) is 23.9 Å². The first-order valence-corrected chi connectivity index (χ1v) is 17.8. The maximum Gasteiger partial charge on any atom is 0.415 e. The fourth-order valence-electron chi connectivity index (χ4n) is 4.96. The van der Waals surface area contributed by atoms with Gasteiger partial charge in [0.05, 0.1) is 24.1 Å². The number of carbonyl (C=O) groups excluding carboxylic acids is 1. The lowest BCUT2D eigenvalue weighted by Crippen LogP contribution is -2.46. The highest BCUT2D eigenvalue weighted by Crippen LogP contribution is 2.61. The molecule has 0 spiro atoms. The van der Waals surface area contributed by atoms with Crippen LogP contribution in [0.25, 0.3) is 11.2 Å². The molecule has 20 nitrogen and oxygen atoms in total. The summed E-state index contributed by atoms with van der Waals surface area (Å²) < 4.78 is 51.3. The number of nitro groups is 1. The Labute approximate surface area is 265 Å². The van der Waals surface area contributed by atoms with E-state index in [1.54, 1.807) is 6.07 Å². The molecule has 0 saturated carbocycles. The summed E-state index contributed by atoms with van der Waals surface area (Å²) in [6.45, 7) is 3.20. The van der Waals surface area contributed by atoms with Crippen LogP contribution >= 0.6 is 15.1 Å². The number of para-hydroxylation sites is 1. The van der Waals surface area contributed by atoms with Gasteiger partial charge in [-0.3, -0.25) is 37.9 Å². The van der Waals surface area contributed by atoms with Crippen molar-refractivity contribution in [3.05, 3.63) is 75.3 Å². The molecular formula is C25H31N8O12P2+. The number of nitro benzene ring substituents is 1. The van der Waals surface area contributed by atoms with Gasteiger partial charge in [-0.05, 0) is 13.0 Å². The van der Waals surface area contributed by atoms with Gasteiger partial charge in [0.25, 0.3) is 17.2 Å². The third kappa shape index (κ3) is 7.18. The third-order valence-corrected chi connectivity index (χ3v) is 11.2. The molecule has 47 heavy (non-hydrogen) atoms. The molecule has 1 amide bonds. The van der Waals surface area contributed by atoms with E-state index in [2.05, 4.69) is 20.3 Å². The highest BCUT2D eigenvalue weighted by molar-refractivity contribution is 7.68. The third-order valence-electron chi connectivity index (χ3n) is 7.14. The van der Waals surface area contributed by atoms with Crippen LogP contribution in [0.4, 0.5) is 16.4 Å². The van der Waals surface area contributed by atoms with Crippen molar-refractivity contribution < 1.29 is 51.9 Å². The van der Waals surface area contributed by atoms with E-state index in [1.165, 1.54) is 73.0 Å². The fourth-order valence-corrected chi connectivity index (χ4v) is 8.65. The number of aliphatic hydroxyl groups excluding tert-OH is 2. The van der Waals surface area contributed by atoms with Crippen molar-refractivity contribution in [2.24, 2.45) is 7.05 Å². The molecule has 1 aliphatic heterocycles. The average molecular weight is 698 g/mol. The van der Waals surface area contributed by atoms with Crippen LogP contribution in [0.3, 0.4) is 0 Å². The number of carbonyl (C=O) groups is 1. The minimum absolute atomic E-state index is 0.00634.